The van der Waals surface area contributed by atoms with E-state index in [1.165, 1.54) is 0 Å². The van der Waals surface area contributed by atoms with E-state index in [0.717, 1.165) is 22.1 Å². The Hall–Kier alpha value is -0.870. The number of amides is 1. The second kappa shape index (κ2) is 6.77. The van der Waals surface area contributed by atoms with Gasteiger partial charge in [0.2, 0.25) is 5.91 Å². The zero-order chi connectivity index (χ0) is 12.8. The lowest BCUT2D eigenvalue weighted by Crippen LogP contribution is -2.33. The second-order valence-electron chi connectivity index (χ2n) is 4.20. The summed E-state index contributed by atoms with van der Waals surface area (Å²) in [6.07, 6.45) is 1.02. The van der Waals surface area contributed by atoms with Gasteiger partial charge < -0.3 is 10.6 Å². The molecular formula is C13H19BrN2O. The first-order valence-electron chi connectivity index (χ1n) is 5.82. The summed E-state index contributed by atoms with van der Waals surface area (Å²) in [5.41, 5.74) is 1.97. The molecule has 0 saturated heterocycles. The van der Waals surface area contributed by atoms with Crippen molar-refractivity contribution >= 4 is 27.5 Å². The number of hydrogen-bond donors (Lipinski definition) is 2. The molecule has 4 heteroatoms. The van der Waals surface area contributed by atoms with Gasteiger partial charge in [-0.25, -0.2) is 0 Å². The molecule has 1 aromatic carbocycles. The van der Waals surface area contributed by atoms with Crippen LogP contribution in [-0.2, 0) is 4.79 Å². The van der Waals surface area contributed by atoms with Gasteiger partial charge in [0.15, 0.2) is 0 Å². The van der Waals surface area contributed by atoms with Crippen LogP contribution in [0.25, 0.3) is 0 Å². The second-order valence-corrected chi connectivity index (χ2v) is 5.06. The van der Waals surface area contributed by atoms with Crippen molar-refractivity contribution in [3.8, 4) is 0 Å². The standard InChI is InChI=1S/C13H19BrN2O/c1-4-10(3)15-8-13(17)16-11-6-5-9(2)12(14)7-11/h5-7,10,15H,4,8H2,1-3H3,(H,16,17)/t10-/m1/s1. The third-order valence-corrected chi connectivity index (χ3v) is 3.53. The van der Waals surface area contributed by atoms with Gasteiger partial charge in [-0.15, -0.1) is 0 Å². The Labute approximate surface area is 111 Å². The number of rotatable bonds is 5. The van der Waals surface area contributed by atoms with Crippen molar-refractivity contribution in [2.75, 3.05) is 11.9 Å². The van der Waals surface area contributed by atoms with Gasteiger partial charge in [0, 0.05) is 16.2 Å². The Balaban J connectivity index is 2.48. The summed E-state index contributed by atoms with van der Waals surface area (Å²) in [6, 6.07) is 6.16. The van der Waals surface area contributed by atoms with Crippen LogP contribution in [0.4, 0.5) is 5.69 Å². The highest BCUT2D eigenvalue weighted by molar-refractivity contribution is 9.10. The van der Waals surface area contributed by atoms with Crippen LogP contribution >= 0.6 is 15.9 Å². The molecule has 94 valence electrons. The molecule has 0 spiro atoms. The molecule has 0 aliphatic rings. The fraction of sp³-hybridized carbons (Fsp3) is 0.462. The van der Waals surface area contributed by atoms with Crippen molar-refractivity contribution in [2.45, 2.75) is 33.2 Å². The third-order valence-electron chi connectivity index (χ3n) is 2.68. The molecule has 1 rings (SSSR count). The number of nitrogens with one attached hydrogen (secondary N) is 2. The molecular weight excluding hydrogens is 280 g/mol. The summed E-state index contributed by atoms with van der Waals surface area (Å²) in [5.74, 6) is -0.0129. The lowest BCUT2D eigenvalue weighted by molar-refractivity contribution is -0.115. The molecule has 17 heavy (non-hydrogen) atoms. The molecule has 0 heterocycles. The van der Waals surface area contributed by atoms with E-state index in [0.29, 0.717) is 12.6 Å². The monoisotopic (exact) mass is 298 g/mol. The van der Waals surface area contributed by atoms with E-state index in [2.05, 4.69) is 40.4 Å². The van der Waals surface area contributed by atoms with E-state index >= 15 is 0 Å². The summed E-state index contributed by atoms with van der Waals surface area (Å²) in [4.78, 5) is 11.6. The zero-order valence-electron chi connectivity index (χ0n) is 10.5. The molecule has 3 nitrogen and oxygen atoms in total. The zero-order valence-corrected chi connectivity index (χ0v) is 12.1. The highest BCUT2D eigenvalue weighted by Crippen LogP contribution is 2.20. The lowest BCUT2D eigenvalue weighted by Gasteiger charge is -2.11. The number of carbonyl (C=O) groups is 1. The molecule has 0 aliphatic carbocycles. The minimum atomic E-state index is -0.0129. The van der Waals surface area contributed by atoms with Crippen molar-refractivity contribution in [3.63, 3.8) is 0 Å². The molecule has 0 fully saturated rings. The van der Waals surface area contributed by atoms with E-state index in [-0.39, 0.29) is 5.91 Å². The van der Waals surface area contributed by atoms with Gasteiger partial charge in [0.1, 0.15) is 0 Å². The number of benzene rings is 1. The van der Waals surface area contributed by atoms with Crippen LogP contribution in [-0.4, -0.2) is 18.5 Å². The van der Waals surface area contributed by atoms with Crippen LogP contribution in [0.3, 0.4) is 0 Å². The SMILES string of the molecule is CC[C@@H](C)NCC(=O)Nc1ccc(C)c(Br)c1. The quantitative estimate of drug-likeness (QED) is 0.877. The number of hydrogen-bond acceptors (Lipinski definition) is 2. The highest BCUT2D eigenvalue weighted by atomic mass is 79.9. The fourth-order valence-electron chi connectivity index (χ4n) is 1.29. The van der Waals surface area contributed by atoms with Gasteiger partial charge in [0.05, 0.1) is 6.54 Å². The van der Waals surface area contributed by atoms with Gasteiger partial charge in [-0.2, -0.15) is 0 Å². The van der Waals surface area contributed by atoms with Crippen LogP contribution in [0, 0.1) is 6.92 Å². The van der Waals surface area contributed by atoms with Crippen LogP contribution in [0.2, 0.25) is 0 Å². The highest BCUT2D eigenvalue weighted by Gasteiger charge is 2.05. The average Bonchev–Trinajstić information content (AvgIpc) is 2.31. The van der Waals surface area contributed by atoms with Gasteiger partial charge in [-0.1, -0.05) is 28.9 Å². The number of carbonyl (C=O) groups excluding carboxylic acids is 1. The van der Waals surface area contributed by atoms with Gasteiger partial charge in [-0.05, 0) is 38.0 Å². The minimum Gasteiger partial charge on any atom is -0.325 e. The molecule has 0 unspecified atom stereocenters. The largest absolute Gasteiger partial charge is 0.325 e. The first kappa shape index (κ1) is 14.2. The Bertz CT molecular complexity index is 393. The Morgan fingerprint density at radius 2 is 2.18 bits per heavy atom. The van der Waals surface area contributed by atoms with E-state index in [9.17, 15) is 4.79 Å². The molecule has 0 radical (unpaired) electrons. The Kier molecular flexibility index (Phi) is 5.65. The maximum absolute atomic E-state index is 11.6. The minimum absolute atomic E-state index is 0.0129. The van der Waals surface area contributed by atoms with Crippen LogP contribution < -0.4 is 10.6 Å². The number of halogens is 1. The maximum atomic E-state index is 11.6. The topological polar surface area (TPSA) is 41.1 Å². The van der Waals surface area contributed by atoms with E-state index in [1.54, 1.807) is 0 Å². The predicted octanol–water partition coefficient (Wildman–Crippen LogP) is 3.08. The fourth-order valence-corrected chi connectivity index (χ4v) is 1.67. The van der Waals surface area contributed by atoms with Crippen LogP contribution in [0.15, 0.2) is 22.7 Å². The van der Waals surface area contributed by atoms with Gasteiger partial charge in [-0.3, -0.25) is 4.79 Å². The summed E-state index contributed by atoms with van der Waals surface area (Å²) in [5, 5.41) is 6.01. The number of anilines is 1. The summed E-state index contributed by atoms with van der Waals surface area (Å²) < 4.78 is 1.00. The molecule has 1 aromatic rings. The molecule has 0 saturated carbocycles. The van der Waals surface area contributed by atoms with Crippen molar-refractivity contribution in [1.82, 2.24) is 5.32 Å². The maximum Gasteiger partial charge on any atom is 0.238 e. The van der Waals surface area contributed by atoms with Gasteiger partial charge >= 0.3 is 0 Å². The summed E-state index contributed by atoms with van der Waals surface area (Å²) in [6.45, 7) is 6.52. The molecule has 0 bridgehead atoms. The first-order valence-corrected chi connectivity index (χ1v) is 6.61. The summed E-state index contributed by atoms with van der Waals surface area (Å²) in [7, 11) is 0. The third kappa shape index (κ3) is 4.88. The first-order chi connectivity index (χ1) is 8.02. The molecule has 0 aromatic heterocycles. The van der Waals surface area contributed by atoms with E-state index in [1.807, 2.05) is 25.1 Å². The summed E-state index contributed by atoms with van der Waals surface area (Å²) >= 11 is 3.44. The molecule has 0 aliphatic heterocycles. The Morgan fingerprint density at radius 1 is 1.47 bits per heavy atom. The van der Waals surface area contributed by atoms with Crippen molar-refractivity contribution in [1.29, 1.82) is 0 Å². The molecule has 1 atom stereocenters. The van der Waals surface area contributed by atoms with E-state index in [4.69, 9.17) is 0 Å². The van der Waals surface area contributed by atoms with Gasteiger partial charge in [0.25, 0.3) is 0 Å². The number of aryl methyl sites for hydroxylation is 1. The normalized spacial score (nSPS) is 12.2. The Morgan fingerprint density at radius 3 is 2.76 bits per heavy atom. The lowest BCUT2D eigenvalue weighted by atomic mass is 10.2. The van der Waals surface area contributed by atoms with Crippen LogP contribution in [0.5, 0.6) is 0 Å². The predicted molar refractivity (Wildman–Crippen MR) is 75.3 cm³/mol. The van der Waals surface area contributed by atoms with Crippen molar-refractivity contribution < 1.29 is 4.79 Å². The van der Waals surface area contributed by atoms with E-state index < -0.39 is 0 Å². The van der Waals surface area contributed by atoms with Crippen molar-refractivity contribution in [3.05, 3.63) is 28.2 Å². The molecule has 1 amide bonds. The van der Waals surface area contributed by atoms with Crippen LogP contribution in [0.1, 0.15) is 25.8 Å². The smallest absolute Gasteiger partial charge is 0.238 e. The molecule has 2 N–H and O–H groups in total. The van der Waals surface area contributed by atoms with Crippen molar-refractivity contribution in [2.24, 2.45) is 0 Å². The average molecular weight is 299 g/mol.